The first-order chi connectivity index (χ1) is 12.9. The number of halogens is 1. The van der Waals surface area contributed by atoms with Crippen LogP contribution in [0.3, 0.4) is 0 Å². The Morgan fingerprint density at radius 3 is 2.70 bits per heavy atom. The number of carbonyl (C=O) groups is 3. The summed E-state index contributed by atoms with van der Waals surface area (Å²) in [5, 5.41) is 17.1. The molecule has 2 rings (SSSR count). The van der Waals surface area contributed by atoms with E-state index in [2.05, 4.69) is 5.32 Å². The molecule has 27 heavy (non-hydrogen) atoms. The van der Waals surface area contributed by atoms with Gasteiger partial charge in [-0.15, -0.1) is 11.3 Å². The van der Waals surface area contributed by atoms with Crippen molar-refractivity contribution in [1.29, 1.82) is 0 Å². The fourth-order valence-electron chi connectivity index (χ4n) is 1.95. The zero-order valence-electron chi connectivity index (χ0n) is 13.8. The van der Waals surface area contributed by atoms with Gasteiger partial charge in [-0.3, -0.25) is 20.2 Å². The predicted molar refractivity (Wildman–Crippen MR) is 98.0 cm³/mol. The lowest BCUT2D eigenvalue weighted by molar-refractivity contribution is -0.384. The van der Waals surface area contributed by atoms with Crippen LogP contribution in [0.4, 0.5) is 10.5 Å². The van der Waals surface area contributed by atoms with E-state index in [0.29, 0.717) is 13.0 Å². The fourth-order valence-corrected chi connectivity index (χ4v) is 2.86. The molecule has 142 valence electrons. The second-order valence-corrected chi connectivity index (χ2v) is 6.57. The number of carbonyl (C=O) groups excluding carboxylic acids is 3. The van der Waals surface area contributed by atoms with E-state index in [-0.39, 0.29) is 16.3 Å². The molecule has 9 nitrogen and oxygen atoms in total. The molecule has 1 aromatic carbocycles. The number of non-ortho nitro benzene ring substituents is 1. The SMILES string of the molecule is O=C(COC(=O)c1cc([N+](=O)[O-])ccc1Cl)NC(=O)NCCc1cccs1. The zero-order chi connectivity index (χ0) is 19.8. The number of esters is 1. The Kier molecular flexibility index (Phi) is 7.26. The van der Waals surface area contributed by atoms with Gasteiger partial charge in [0.25, 0.3) is 11.6 Å². The standard InChI is InChI=1S/C16H14ClN3O6S/c17-13-4-3-10(20(24)25)8-12(13)15(22)26-9-14(21)19-16(23)18-6-5-11-2-1-7-27-11/h1-4,7-8H,5-6,9H2,(H2,18,19,21,23). The summed E-state index contributed by atoms with van der Waals surface area (Å²) in [5.74, 6) is -1.87. The smallest absolute Gasteiger partial charge is 0.340 e. The van der Waals surface area contributed by atoms with Crippen LogP contribution in [0.25, 0.3) is 0 Å². The molecule has 0 aliphatic rings. The quantitative estimate of drug-likeness (QED) is 0.409. The number of thiophene rings is 1. The Bertz CT molecular complexity index is 856. The van der Waals surface area contributed by atoms with Crippen LogP contribution in [0, 0.1) is 10.1 Å². The minimum absolute atomic E-state index is 0.0580. The number of amides is 3. The summed E-state index contributed by atoms with van der Waals surface area (Å²) in [7, 11) is 0. The molecular formula is C16H14ClN3O6S. The molecule has 0 aliphatic heterocycles. The van der Waals surface area contributed by atoms with E-state index in [1.807, 2.05) is 22.8 Å². The third kappa shape index (κ3) is 6.35. The Morgan fingerprint density at radius 1 is 1.26 bits per heavy atom. The Balaban J connectivity index is 1.77. The van der Waals surface area contributed by atoms with Crippen molar-refractivity contribution in [3.8, 4) is 0 Å². The number of rotatable bonds is 7. The molecule has 0 aliphatic carbocycles. The van der Waals surface area contributed by atoms with Crippen molar-refractivity contribution in [2.24, 2.45) is 0 Å². The monoisotopic (exact) mass is 411 g/mol. The molecule has 11 heteroatoms. The van der Waals surface area contributed by atoms with Crippen molar-refractivity contribution in [1.82, 2.24) is 10.6 Å². The van der Waals surface area contributed by atoms with Crippen LogP contribution in [0.5, 0.6) is 0 Å². The van der Waals surface area contributed by atoms with Crippen molar-refractivity contribution in [2.75, 3.05) is 13.2 Å². The van der Waals surface area contributed by atoms with Crippen LogP contribution in [0.1, 0.15) is 15.2 Å². The van der Waals surface area contributed by atoms with Crippen molar-refractivity contribution < 1.29 is 24.0 Å². The van der Waals surface area contributed by atoms with Gasteiger partial charge >= 0.3 is 12.0 Å². The highest BCUT2D eigenvalue weighted by atomic mass is 35.5. The summed E-state index contributed by atoms with van der Waals surface area (Å²) in [5.41, 5.74) is -0.597. The molecule has 1 heterocycles. The second-order valence-electron chi connectivity index (χ2n) is 5.13. The van der Waals surface area contributed by atoms with Crippen molar-refractivity contribution in [3.63, 3.8) is 0 Å². The second kappa shape index (κ2) is 9.64. The highest BCUT2D eigenvalue weighted by Gasteiger charge is 2.18. The van der Waals surface area contributed by atoms with Crippen LogP contribution in [0.15, 0.2) is 35.7 Å². The molecule has 1 aromatic heterocycles. The van der Waals surface area contributed by atoms with Gasteiger partial charge in [-0.2, -0.15) is 0 Å². The molecule has 0 bridgehead atoms. The van der Waals surface area contributed by atoms with Gasteiger partial charge in [0.1, 0.15) is 0 Å². The number of hydrogen-bond donors (Lipinski definition) is 2. The number of nitro groups is 1. The molecule has 0 saturated carbocycles. The molecule has 0 fully saturated rings. The normalized spacial score (nSPS) is 10.1. The van der Waals surface area contributed by atoms with Crippen molar-refractivity contribution >= 4 is 46.5 Å². The molecule has 0 saturated heterocycles. The number of urea groups is 1. The van der Waals surface area contributed by atoms with Gasteiger partial charge in [0.05, 0.1) is 15.5 Å². The first-order valence-corrected chi connectivity index (χ1v) is 8.83. The molecule has 2 aromatic rings. The summed E-state index contributed by atoms with van der Waals surface area (Å²) in [6.45, 7) is -0.404. The van der Waals surface area contributed by atoms with E-state index in [4.69, 9.17) is 16.3 Å². The first-order valence-electron chi connectivity index (χ1n) is 7.58. The predicted octanol–water partition coefficient (Wildman–Crippen LogP) is 2.54. The average Bonchev–Trinajstić information content (AvgIpc) is 3.13. The van der Waals surface area contributed by atoms with Gasteiger partial charge in [-0.05, 0) is 23.9 Å². The molecule has 3 amide bonds. The van der Waals surface area contributed by atoms with E-state index in [1.165, 1.54) is 6.07 Å². The zero-order valence-corrected chi connectivity index (χ0v) is 15.3. The highest BCUT2D eigenvalue weighted by molar-refractivity contribution is 7.09. The van der Waals surface area contributed by atoms with Crippen LogP contribution < -0.4 is 10.6 Å². The first kappa shape index (κ1) is 20.3. The lowest BCUT2D eigenvalue weighted by Gasteiger charge is -2.08. The summed E-state index contributed by atoms with van der Waals surface area (Å²) in [4.78, 5) is 46.3. The number of hydrogen-bond acceptors (Lipinski definition) is 7. The highest BCUT2D eigenvalue weighted by Crippen LogP contribution is 2.22. The molecule has 2 N–H and O–H groups in total. The minimum Gasteiger partial charge on any atom is -0.452 e. The maximum atomic E-state index is 11.9. The lowest BCUT2D eigenvalue weighted by Crippen LogP contribution is -2.42. The van der Waals surface area contributed by atoms with Gasteiger partial charge in [-0.1, -0.05) is 17.7 Å². The number of benzene rings is 1. The summed E-state index contributed by atoms with van der Waals surface area (Å²) in [6.07, 6.45) is 0.625. The molecule has 0 radical (unpaired) electrons. The Hall–Kier alpha value is -2.98. The number of ether oxygens (including phenoxy) is 1. The van der Waals surface area contributed by atoms with Crippen LogP contribution >= 0.6 is 22.9 Å². The van der Waals surface area contributed by atoms with Crippen LogP contribution in [0.2, 0.25) is 5.02 Å². The Labute approximate surface area is 162 Å². The third-order valence-electron chi connectivity index (χ3n) is 3.21. The van der Waals surface area contributed by atoms with Crippen molar-refractivity contribution in [2.45, 2.75) is 6.42 Å². The largest absolute Gasteiger partial charge is 0.452 e. The van der Waals surface area contributed by atoms with Gasteiger partial charge < -0.3 is 10.1 Å². The van der Waals surface area contributed by atoms with E-state index < -0.39 is 29.4 Å². The summed E-state index contributed by atoms with van der Waals surface area (Å²) >= 11 is 7.36. The summed E-state index contributed by atoms with van der Waals surface area (Å²) in [6, 6.07) is 6.35. The fraction of sp³-hybridized carbons (Fsp3) is 0.188. The third-order valence-corrected chi connectivity index (χ3v) is 4.47. The van der Waals surface area contributed by atoms with Gasteiger partial charge in [0.2, 0.25) is 0 Å². The maximum absolute atomic E-state index is 11.9. The Morgan fingerprint density at radius 2 is 2.04 bits per heavy atom. The molecule has 0 spiro atoms. The topological polar surface area (TPSA) is 128 Å². The van der Waals surface area contributed by atoms with Gasteiger partial charge in [0.15, 0.2) is 6.61 Å². The molecule has 0 atom stereocenters. The van der Waals surface area contributed by atoms with E-state index in [0.717, 1.165) is 17.0 Å². The summed E-state index contributed by atoms with van der Waals surface area (Å²) < 4.78 is 4.73. The molecular weight excluding hydrogens is 398 g/mol. The van der Waals surface area contributed by atoms with Gasteiger partial charge in [-0.25, -0.2) is 9.59 Å². The number of nitro benzene ring substituents is 1. The number of imide groups is 1. The molecule has 0 unspecified atom stereocenters. The number of nitrogens with zero attached hydrogens (tertiary/aromatic N) is 1. The minimum atomic E-state index is -1.02. The lowest BCUT2D eigenvalue weighted by atomic mass is 10.2. The number of nitrogens with one attached hydrogen (secondary N) is 2. The van der Waals surface area contributed by atoms with E-state index >= 15 is 0 Å². The van der Waals surface area contributed by atoms with E-state index in [9.17, 15) is 24.5 Å². The maximum Gasteiger partial charge on any atom is 0.340 e. The van der Waals surface area contributed by atoms with E-state index in [1.54, 1.807) is 11.3 Å². The average molecular weight is 412 g/mol. The van der Waals surface area contributed by atoms with Gasteiger partial charge in [0, 0.05) is 23.6 Å². The van der Waals surface area contributed by atoms with Crippen LogP contribution in [-0.2, 0) is 16.0 Å². The van der Waals surface area contributed by atoms with Crippen molar-refractivity contribution in [3.05, 3.63) is 61.3 Å². The van der Waals surface area contributed by atoms with Crippen LogP contribution in [-0.4, -0.2) is 36.0 Å².